The van der Waals surface area contributed by atoms with E-state index in [9.17, 15) is 0 Å². The third-order valence-corrected chi connectivity index (χ3v) is 3.38. The van der Waals surface area contributed by atoms with Crippen molar-refractivity contribution in [2.45, 2.75) is 20.3 Å². The molecule has 2 heterocycles. The molecular weight excluding hydrogens is 244 g/mol. The number of nitriles is 1. The number of nitrogens with one attached hydrogen (secondary N) is 1. The molecule has 0 atom stereocenters. The van der Waals surface area contributed by atoms with Crippen LogP contribution in [0.5, 0.6) is 0 Å². The van der Waals surface area contributed by atoms with Gasteiger partial charge in [-0.15, -0.1) is 11.3 Å². The van der Waals surface area contributed by atoms with E-state index < -0.39 is 0 Å². The van der Waals surface area contributed by atoms with E-state index in [1.54, 1.807) is 0 Å². The molecule has 2 rings (SSSR count). The zero-order valence-corrected chi connectivity index (χ0v) is 11.2. The van der Waals surface area contributed by atoms with Crippen LogP contribution in [0.2, 0.25) is 0 Å². The van der Waals surface area contributed by atoms with Crippen molar-refractivity contribution in [3.05, 3.63) is 28.9 Å². The van der Waals surface area contributed by atoms with Crippen LogP contribution >= 0.6 is 11.3 Å². The van der Waals surface area contributed by atoms with E-state index in [1.165, 1.54) is 11.3 Å². The second-order valence-corrected chi connectivity index (χ2v) is 4.97. The quantitative estimate of drug-likeness (QED) is 0.914. The molecule has 18 heavy (non-hydrogen) atoms. The summed E-state index contributed by atoms with van der Waals surface area (Å²) >= 11 is 1.45. The molecule has 1 N–H and O–H groups in total. The number of nitrogens with zero attached hydrogens (tertiary/aromatic N) is 3. The van der Waals surface area contributed by atoms with Crippen LogP contribution in [0.3, 0.4) is 0 Å². The average Bonchev–Trinajstić information content (AvgIpc) is 2.84. The van der Waals surface area contributed by atoms with E-state index in [2.05, 4.69) is 28.3 Å². The number of hydrogen-bond acceptors (Lipinski definition) is 5. The van der Waals surface area contributed by atoms with Crippen molar-refractivity contribution in [1.82, 2.24) is 9.97 Å². The lowest BCUT2D eigenvalue weighted by molar-refractivity contribution is 0.955. The van der Waals surface area contributed by atoms with Gasteiger partial charge in [0.05, 0.1) is 10.6 Å². The zero-order chi connectivity index (χ0) is 13.0. The molecule has 2 aromatic heterocycles. The highest BCUT2D eigenvalue weighted by Crippen LogP contribution is 2.27. The molecule has 0 saturated carbocycles. The lowest BCUT2D eigenvalue weighted by Gasteiger charge is -2.06. The van der Waals surface area contributed by atoms with Gasteiger partial charge < -0.3 is 5.32 Å². The second kappa shape index (κ2) is 5.61. The lowest BCUT2D eigenvalue weighted by atomic mass is 10.3. The highest BCUT2D eigenvalue weighted by Gasteiger charge is 2.07. The highest BCUT2D eigenvalue weighted by molar-refractivity contribution is 7.15. The van der Waals surface area contributed by atoms with Crippen LogP contribution in [0.1, 0.15) is 24.0 Å². The van der Waals surface area contributed by atoms with Crippen molar-refractivity contribution < 1.29 is 0 Å². The van der Waals surface area contributed by atoms with Crippen LogP contribution in [-0.4, -0.2) is 16.5 Å². The van der Waals surface area contributed by atoms with Gasteiger partial charge in [0.2, 0.25) is 0 Å². The first kappa shape index (κ1) is 12.5. The third kappa shape index (κ3) is 2.84. The van der Waals surface area contributed by atoms with Crippen molar-refractivity contribution in [3.63, 3.8) is 0 Å². The molecule has 0 aromatic carbocycles. The molecular formula is C13H14N4S. The zero-order valence-electron chi connectivity index (χ0n) is 10.4. The van der Waals surface area contributed by atoms with Gasteiger partial charge in [-0.1, -0.05) is 6.92 Å². The predicted molar refractivity (Wildman–Crippen MR) is 73.6 cm³/mol. The van der Waals surface area contributed by atoms with Crippen molar-refractivity contribution >= 4 is 17.2 Å². The fourth-order valence-corrected chi connectivity index (χ4v) is 2.34. The van der Waals surface area contributed by atoms with Gasteiger partial charge in [0.25, 0.3) is 0 Å². The van der Waals surface area contributed by atoms with E-state index in [4.69, 9.17) is 5.26 Å². The fraction of sp³-hybridized carbons (Fsp3) is 0.308. The third-order valence-electron chi connectivity index (χ3n) is 2.36. The molecule has 4 nitrogen and oxygen atoms in total. The van der Waals surface area contributed by atoms with Crippen LogP contribution in [-0.2, 0) is 0 Å². The Morgan fingerprint density at radius 1 is 1.39 bits per heavy atom. The highest BCUT2D eigenvalue weighted by atomic mass is 32.1. The van der Waals surface area contributed by atoms with E-state index in [-0.39, 0.29) is 0 Å². The largest absolute Gasteiger partial charge is 0.370 e. The van der Waals surface area contributed by atoms with Crippen LogP contribution < -0.4 is 5.32 Å². The SMILES string of the molecule is CCCNc1cc(-c2ccc(C#N)s2)nc(C)n1. The summed E-state index contributed by atoms with van der Waals surface area (Å²) in [6.07, 6.45) is 1.05. The summed E-state index contributed by atoms with van der Waals surface area (Å²) in [6.45, 7) is 4.88. The molecule has 5 heteroatoms. The van der Waals surface area contributed by atoms with E-state index >= 15 is 0 Å². The summed E-state index contributed by atoms with van der Waals surface area (Å²) in [5.74, 6) is 1.57. The maximum absolute atomic E-state index is 8.84. The Kier molecular flexibility index (Phi) is 3.90. The molecule has 0 amide bonds. The molecule has 0 unspecified atom stereocenters. The van der Waals surface area contributed by atoms with Gasteiger partial charge in [-0.3, -0.25) is 0 Å². The summed E-state index contributed by atoms with van der Waals surface area (Å²) in [6, 6.07) is 7.81. The van der Waals surface area contributed by atoms with Gasteiger partial charge in [-0.05, 0) is 25.5 Å². The van der Waals surface area contributed by atoms with Gasteiger partial charge in [0, 0.05) is 12.6 Å². The summed E-state index contributed by atoms with van der Waals surface area (Å²) < 4.78 is 0. The number of aromatic nitrogens is 2. The Morgan fingerprint density at radius 3 is 2.89 bits per heavy atom. The van der Waals surface area contributed by atoms with Crippen molar-refractivity contribution in [3.8, 4) is 16.6 Å². The predicted octanol–water partition coefficient (Wildman–Crippen LogP) is 3.21. The number of aryl methyl sites for hydroxylation is 1. The molecule has 2 aromatic rings. The first-order valence-corrected chi connectivity index (χ1v) is 6.64. The fourth-order valence-electron chi connectivity index (χ4n) is 1.57. The van der Waals surface area contributed by atoms with Gasteiger partial charge in [-0.25, -0.2) is 9.97 Å². The smallest absolute Gasteiger partial charge is 0.130 e. The summed E-state index contributed by atoms with van der Waals surface area (Å²) in [5, 5.41) is 12.1. The normalized spacial score (nSPS) is 10.1. The minimum Gasteiger partial charge on any atom is -0.370 e. The molecule has 0 aliphatic heterocycles. The number of thiophene rings is 1. The van der Waals surface area contributed by atoms with Crippen LogP contribution in [0.4, 0.5) is 5.82 Å². The van der Waals surface area contributed by atoms with Crippen molar-refractivity contribution in [2.24, 2.45) is 0 Å². The first-order chi connectivity index (χ1) is 8.72. The molecule has 0 saturated heterocycles. The summed E-state index contributed by atoms with van der Waals surface area (Å²) in [7, 11) is 0. The summed E-state index contributed by atoms with van der Waals surface area (Å²) in [4.78, 5) is 10.4. The Balaban J connectivity index is 2.32. The van der Waals surface area contributed by atoms with E-state index in [0.717, 1.165) is 35.2 Å². The maximum Gasteiger partial charge on any atom is 0.130 e. The molecule has 0 radical (unpaired) electrons. The standard InChI is InChI=1S/C13H14N4S/c1-3-6-15-13-7-11(16-9(2)17-13)12-5-4-10(8-14)18-12/h4-5,7H,3,6H2,1-2H3,(H,15,16,17). The average molecular weight is 258 g/mol. The monoisotopic (exact) mass is 258 g/mol. The van der Waals surface area contributed by atoms with Crippen molar-refractivity contribution in [1.29, 1.82) is 5.26 Å². The Morgan fingerprint density at radius 2 is 2.22 bits per heavy atom. The Bertz CT molecular complexity index is 583. The van der Waals surface area contributed by atoms with E-state index in [1.807, 2.05) is 25.1 Å². The summed E-state index contributed by atoms with van der Waals surface area (Å²) in [5.41, 5.74) is 0.868. The number of anilines is 1. The van der Waals surface area contributed by atoms with Gasteiger partial charge in [-0.2, -0.15) is 5.26 Å². The minimum absolute atomic E-state index is 0.698. The Hall–Kier alpha value is -1.93. The first-order valence-electron chi connectivity index (χ1n) is 5.82. The van der Waals surface area contributed by atoms with Gasteiger partial charge >= 0.3 is 0 Å². The molecule has 92 valence electrons. The molecule has 0 aliphatic rings. The number of rotatable bonds is 4. The van der Waals surface area contributed by atoms with E-state index in [0.29, 0.717) is 4.88 Å². The van der Waals surface area contributed by atoms with Gasteiger partial charge in [0.15, 0.2) is 0 Å². The molecule has 0 spiro atoms. The Labute approximate surface area is 110 Å². The van der Waals surface area contributed by atoms with Crippen LogP contribution in [0.15, 0.2) is 18.2 Å². The lowest BCUT2D eigenvalue weighted by Crippen LogP contribution is -2.04. The maximum atomic E-state index is 8.84. The van der Waals surface area contributed by atoms with Crippen molar-refractivity contribution in [2.75, 3.05) is 11.9 Å². The second-order valence-electron chi connectivity index (χ2n) is 3.89. The molecule has 0 fully saturated rings. The molecule has 0 aliphatic carbocycles. The molecule has 0 bridgehead atoms. The topological polar surface area (TPSA) is 61.6 Å². The van der Waals surface area contributed by atoms with Crippen LogP contribution in [0.25, 0.3) is 10.6 Å². The minimum atomic E-state index is 0.698. The number of hydrogen-bond donors (Lipinski definition) is 1. The van der Waals surface area contributed by atoms with Gasteiger partial charge in [0.1, 0.15) is 22.6 Å². The van der Waals surface area contributed by atoms with Crippen LogP contribution in [0, 0.1) is 18.3 Å².